The van der Waals surface area contributed by atoms with Gasteiger partial charge in [-0.1, -0.05) is 157 Å². The zero-order valence-electron chi connectivity index (χ0n) is 68.3. The third kappa shape index (κ3) is 13.4. The number of hydrogen-bond acceptors (Lipinski definition) is 12. The third-order valence-electron chi connectivity index (χ3n) is 24.4. The van der Waals surface area contributed by atoms with Crippen molar-refractivity contribution in [3.05, 3.63) is 316 Å². The zero-order chi connectivity index (χ0) is 82.7. The summed E-state index contributed by atoms with van der Waals surface area (Å²) in [5.74, 6) is 5.31. The van der Waals surface area contributed by atoms with Gasteiger partial charge in [-0.3, -0.25) is 19.6 Å². The van der Waals surface area contributed by atoms with Gasteiger partial charge in [0, 0.05) is 142 Å². The molecule has 11 aromatic heterocycles. The molecule has 4 aliphatic heterocycles. The maximum absolute atomic E-state index is 11.3. The predicted octanol–water partition coefficient (Wildman–Crippen LogP) is 24.5. The molecule has 25 rings (SSSR count). The number of amides is 2. The Morgan fingerprint density at radius 2 is 0.773 bits per heavy atom. The van der Waals surface area contributed by atoms with Crippen LogP contribution in [-0.2, 0) is 47.0 Å². The Labute approximate surface area is 726 Å². The number of fused-ring (bicyclic) bond motifs is 23. The van der Waals surface area contributed by atoms with Gasteiger partial charge in [0.25, 0.3) is 11.8 Å². The van der Waals surface area contributed by atoms with Gasteiger partial charge >= 0.3 is 0 Å². The number of nitrogens with zero attached hydrogens (tertiary/aromatic N) is 7. The van der Waals surface area contributed by atoms with Gasteiger partial charge in [0.2, 0.25) is 0 Å². The van der Waals surface area contributed by atoms with Crippen LogP contribution in [-0.4, -0.2) is 64.2 Å². The Balaban J connectivity index is 0.0000000962. The number of carbonyl (C=O) groups is 2. The lowest BCUT2D eigenvalue weighted by Crippen LogP contribution is -2.48. The summed E-state index contributed by atoms with van der Waals surface area (Å²) in [4.78, 5) is 42.6. The molecule has 3 aliphatic carbocycles. The van der Waals surface area contributed by atoms with Crippen LogP contribution in [0.5, 0.6) is 0 Å². The Morgan fingerprint density at radius 1 is 0.353 bits per heavy atom. The van der Waals surface area contributed by atoms with E-state index in [1.807, 2.05) is 98.4 Å². The summed E-state index contributed by atoms with van der Waals surface area (Å²) in [7, 11) is 8.40. The van der Waals surface area contributed by atoms with Crippen LogP contribution >= 0.6 is 90.7 Å². The van der Waals surface area contributed by atoms with Crippen LogP contribution in [0.4, 0.5) is 0 Å². The van der Waals surface area contributed by atoms with E-state index in [0.29, 0.717) is 17.8 Å². The maximum atomic E-state index is 11.3. The van der Waals surface area contributed by atoms with E-state index in [1.165, 1.54) is 149 Å². The molecule has 18 heteroatoms. The molecule has 0 saturated heterocycles. The highest BCUT2D eigenvalue weighted by atomic mass is 32.1. The maximum Gasteiger partial charge on any atom is 0.259 e. The number of rotatable bonds is 1. The molecule has 0 radical (unpaired) electrons. The zero-order valence-corrected chi connectivity index (χ0v) is 75.9. The van der Waals surface area contributed by atoms with Crippen LogP contribution in [0.15, 0.2) is 271 Å². The Morgan fingerprint density at radius 3 is 1.31 bits per heavy atom. The van der Waals surface area contributed by atoms with E-state index in [-0.39, 0.29) is 28.1 Å². The summed E-state index contributed by atoms with van der Waals surface area (Å²) in [6.07, 6.45) is 14.4. The average molecular weight is 1710 g/mol. The van der Waals surface area contributed by atoms with E-state index in [9.17, 15) is 9.59 Å². The summed E-state index contributed by atoms with van der Waals surface area (Å²) < 4.78 is 9.65. The van der Waals surface area contributed by atoms with Crippen LogP contribution in [0.3, 0.4) is 0 Å². The van der Waals surface area contributed by atoms with Crippen molar-refractivity contribution in [2.75, 3.05) is 20.8 Å². The molecule has 0 fully saturated rings. The van der Waals surface area contributed by atoms with E-state index in [1.54, 1.807) is 69.3 Å². The van der Waals surface area contributed by atoms with Crippen LogP contribution in [0, 0.1) is 24.7 Å². The molecular weight excluding hydrogens is 1630 g/mol. The second-order valence-electron chi connectivity index (χ2n) is 32.6. The lowest BCUT2D eigenvalue weighted by atomic mass is 9.79. The van der Waals surface area contributed by atoms with Gasteiger partial charge < -0.3 is 23.5 Å². The minimum Gasteiger partial charge on any atom is -0.344 e. The molecule has 588 valence electrons. The van der Waals surface area contributed by atoms with Crippen LogP contribution in [0.1, 0.15) is 86.1 Å². The van der Waals surface area contributed by atoms with Gasteiger partial charge in [0.05, 0.1) is 47.8 Å². The molecule has 2 amide bonds. The van der Waals surface area contributed by atoms with Crippen molar-refractivity contribution in [3.63, 3.8) is 0 Å². The number of thiophene rings is 8. The fraction of sp³-hybridized carbons (Fsp3) is 0.168. The van der Waals surface area contributed by atoms with Crippen molar-refractivity contribution in [1.29, 1.82) is 0 Å². The van der Waals surface area contributed by atoms with Crippen LogP contribution < -0.4 is 21.1 Å². The summed E-state index contributed by atoms with van der Waals surface area (Å²) in [5.41, 5.74) is 24.9. The SMILES string of the molecule is C#Cc1ccc2c(c1)C(C)(C)c1cc3c(cc1-2)C(C)(C)c1ccccc1-3.C#Cc1ccc2c3cc4c(cc3n(C)c2c1)c1ccccc1n4C.CC1(C)c2ccsc2-c2sccc21.CN1C=C2C(=O)N(C)C=C2C1=O.C[Si]1(C)c2ccsc2-c2sccc21.Cn1c2ccsc2c2sccc21.c1ccc2c(c1)=NCN=2.c1csc(-c2cccs2)c1. The lowest BCUT2D eigenvalue weighted by Gasteiger charge is -2.24. The van der Waals surface area contributed by atoms with E-state index >= 15 is 0 Å². The lowest BCUT2D eigenvalue weighted by molar-refractivity contribution is -0.123. The smallest absolute Gasteiger partial charge is 0.259 e. The summed E-state index contributed by atoms with van der Waals surface area (Å²) in [5, 5.41) is 27.9. The average Bonchev–Trinajstić information content (AvgIpc) is 1.13. The number of aryl methyl sites for hydroxylation is 3. The molecule has 9 nitrogen and oxygen atoms in total. The minimum absolute atomic E-state index is 0.0335. The molecule has 0 N–H and O–H groups in total. The van der Waals surface area contributed by atoms with E-state index < -0.39 is 8.07 Å². The van der Waals surface area contributed by atoms with Gasteiger partial charge in [0.15, 0.2) is 0 Å². The molecule has 7 aliphatic rings. The second kappa shape index (κ2) is 30.9. The van der Waals surface area contributed by atoms with Crippen molar-refractivity contribution in [2.45, 2.75) is 70.9 Å². The topological polar surface area (TPSA) is 80.1 Å². The fourth-order valence-electron chi connectivity index (χ4n) is 17.9. The molecule has 119 heavy (non-hydrogen) atoms. The van der Waals surface area contributed by atoms with Crippen molar-refractivity contribution >= 4 is 185 Å². The number of carbonyl (C=O) groups excluding carboxylic acids is 2. The molecular formula is C101H85N7O2S8Si. The molecule has 0 spiro atoms. The van der Waals surface area contributed by atoms with Gasteiger partial charge in [-0.2, -0.15) is 0 Å². The van der Waals surface area contributed by atoms with Gasteiger partial charge in [-0.15, -0.1) is 104 Å². The number of likely N-dealkylation sites (N-methyl/N-ethyl adjacent to an activating group) is 2. The largest absolute Gasteiger partial charge is 0.344 e. The number of hydrogen-bond donors (Lipinski definition) is 0. The quantitative estimate of drug-likeness (QED) is 0.121. The van der Waals surface area contributed by atoms with Crippen LogP contribution in [0.25, 0.3) is 116 Å². The van der Waals surface area contributed by atoms with E-state index in [0.717, 1.165) is 21.8 Å². The first-order valence-corrected chi connectivity index (χ1v) is 49.4. The standard InChI is InChI=1S/C26H22.C22H16N2.C11H10S2.C10H10S2Si.C9H7NS2.C8H8N2O2.C8H6S2.C7H6N2/c1-6-16-11-12-18-20-15-23-19(14-24(20)26(4,5)22(18)13-16)17-9-7-8-10-21(17)25(23,2)3;1-4-14-9-10-16-18-13-21-17(12-22(18)24(3)20(16)11-14)15-7-5-6-8-19(15)23(21)2;1-11(2)7-3-5-12-9(7)10-8(11)4-6-13-10;1-13(2)7-3-5-11-9(7)10-8(13)4-6-12-10;1-10-6-2-4-11-8(6)9-7(10)3-5-12-9;1-9-3-5-6(7(9)11)4-10(2)8(5)12;1-3-7(9-5-1)8-4-2-6-10-8;1-2-4-7-6(3-1)8-5-9-7/h1,7-15H,2-5H3;1,5-13H,2-3H3;2*3-6H,1-2H3;2-5H,1H3;3-4H,1-2H3;1-6H;1-4H,5H2. The van der Waals surface area contributed by atoms with E-state index in [4.69, 9.17) is 12.8 Å². The number of terminal acetylenes is 2. The van der Waals surface area contributed by atoms with E-state index in [2.05, 4.69) is 318 Å². The Bertz CT molecular complexity index is 7070. The van der Waals surface area contributed by atoms with Crippen molar-refractivity contribution in [2.24, 2.45) is 31.1 Å². The molecule has 0 unspecified atom stereocenters. The highest BCUT2D eigenvalue weighted by Crippen LogP contribution is 2.57. The van der Waals surface area contributed by atoms with Gasteiger partial charge in [-0.25, -0.2) is 0 Å². The van der Waals surface area contributed by atoms with Gasteiger partial charge in [-0.05, 0) is 212 Å². The molecule has 0 bridgehead atoms. The Kier molecular flexibility index (Phi) is 20.5. The van der Waals surface area contributed by atoms with Crippen molar-refractivity contribution in [1.82, 2.24) is 23.5 Å². The molecule has 0 saturated carbocycles. The number of para-hydroxylation sites is 3. The first kappa shape index (κ1) is 79.0. The Hall–Kier alpha value is -11.1. The number of benzene rings is 7. The molecule has 18 aromatic rings. The van der Waals surface area contributed by atoms with Crippen molar-refractivity contribution < 1.29 is 9.59 Å². The highest BCUT2D eigenvalue weighted by Gasteiger charge is 2.43. The number of aromatic nitrogens is 3. The van der Waals surface area contributed by atoms with Crippen LogP contribution in [0.2, 0.25) is 13.1 Å². The highest BCUT2D eigenvalue weighted by molar-refractivity contribution is 7.28. The fourth-order valence-corrected chi connectivity index (χ4v) is 30.6. The third-order valence-corrected chi connectivity index (χ3v) is 36.2. The van der Waals surface area contributed by atoms with Crippen molar-refractivity contribution in [3.8, 4) is 76.2 Å². The minimum atomic E-state index is -1.26. The monoisotopic (exact) mass is 1710 g/mol. The van der Waals surface area contributed by atoms with Gasteiger partial charge in [0.1, 0.15) is 14.7 Å². The second-order valence-corrected chi connectivity index (χ2v) is 44.3. The molecule has 0 atom stereocenters. The predicted molar refractivity (Wildman–Crippen MR) is 515 cm³/mol. The summed E-state index contributed by atoms with van der Waals surface area (Å²) in [6, 6.07) is 69.6. The molecule has 7 aromatic carbocycles. The first-order valence-electron chi connectivity index (χ1n) is 39.4. The summed E-state index contributed by atoms with van der Waals surface area (Å²) >= 11 is 14.8. The first-order chi connectivity index (χ1) is 57.4. The normalized spacial score (nSPS) is 15.1. The summed E-state index contributed by atoms with van der Waals surface area (Å²) in [6.45, 7) is 19.5. The molecule has 15 heterocycles.